The van der Waals surface area contributed by atoms with Crippen LogP contribution in [0.25, 0.3) is 10.9 Å². The van der Waals surface area contributed by atoms with Crippen LogP contribution in [0.4, 0.5) is 0 Å². The zero-order valence-electron chi connectivity index (χ0n) is 15.2. The Morgan fingerprint density at radius 1 is 0.926 bits per heavy atom. The smallest absolute Gasteiger partial charge is 0.307 e. The number of rotatable bonds is 7. The Hall–Kier alpha value is -3.48. The summed E-state index contributed by atoms with van der Waals surface area (Å²) in [5.41, 5.74) is 1.27. The minimum atomic E-state index is -0.928. The third-order valence-corrected chi connectivity index (χ3v) is 4.03. The second-order valence-corrected chi connectivity index (χ2v) is 5.68. The van der Waals surface area contributed by atoms with E-state index in [0.717, 1.165) is 5.39 Å². The number of carboxylic acids is 1. The molecular weight excluding hydrogens is 350 g/mol. The molecule has 3 aromatic rings. The molecule has 3 rings (SSSR count). The van der Waals surface area contributed by atoms with Crippen LogP contribution in [0.1, 0.15) is 5.56 Å². The van der Waals surface area contributed by atoms with Crippen LogP contribution >= 0.6 is 0 Å². The van der Waals surface area contributed by atoms with E-state index in [1.54, 1.807) is 56.8 Å². The minimum Gasteiger partial charge on any atom is -0.496 e. The van der Waals surface area contributed by atoms with Gasteiger partial charge in [-0.2, -0.15) is 0 Å². The first-order valence-corrected chi connectivity index (χ1v) is 8.13. The van der Waals surface area contributed by atoms with Crippen LogP contribution in [0.15, 0.2) is 42.6 Å². The van der Waals surface area contributed by atoms with E-state index in [1.165, 1.54) is 7.11 Å². The van der Waals surface area contributed by atoms with Gasteiger partial charge in [-0.1, -0.05) is 6.07 Å². The largest absolute Gasteiger partial charge is 0.496 e. The van der Waals surface area contributed by atoms with Gasteiger partial charge in [0, 0.05) is 29.3 Å². The molecule has 1 aromatic heterocycles. The molecule has 0 aliphatic heterocycles. The van der Waals surface area contributed by atoms with Gasteiger partial charge in [0.25, 0.3) is 0 Å². The summed E-state index contributed by atoms with van der Waals surface area (Å²) in [6.07, 6.45) is 1.51. The zero-order chi connectivity index (χ0) is 19.4. The van der Waals surface area contributed by atoms with E-state index in [9.17, 15) is 4.79 Å². The van der Waals surface area contributed by atoms with Gasteiger partial charge in [0.1, 0.15) is 17.2 Å². The quantitative estimate of drug-likeness (QED) is 0.680. The summed E-state index contributed by atoms with van der Waals surface area (Å²) >= 11 is 0. The number of aliphatic carboxylic acids is 1. The number of ether oxygens (including phenoxy) is 4. The average Bonchev–Trinajstić information content (AvgIpc) is 2.67. The number of carbonyl (C=O) groups is 1. The molecule has 140 valence electrons. The Bertz CT molecular complexity index is 986. The van der Waals surface area contributed by atoms with E-state index < -0.39 is 5.97 Å². The van der Waals surface area contributed by atoms with Crippen molar-refractivity contribution in [3.05, 3.63) is 48.2 Å². The van der Waals surface area contributed by atoms with Crippen molar-refractivity contribution in [2.75, 3.05) is 21.3 Å². The van der Waals surface area contributed by atoms with Crippen LogP contribution in [0.2, 0.25) is 0 Å². The summed E-state index contributed by atoms with van der Waals surface area (Å²) in [6.45, 7) is 0. The summed E-state index contributed by atoms with van der Waals surface area (Å²) in [6, 6.07) is 10.4. The molecule has 0 saturated heterocycles. The third kappa shape index (κ3) is 3.87. The van der Waals surface area contributed by atoms with E-state index in [0.29, 0.717) is 39.8 Å². The standard InChI is InChI=1S/C20H19NO6/c1-24-17-9-13(5-4-12(17)8-20(22)23)27-16-6-7-21-15-11-19(26-3)18(25-2)10-14(15)16/h4-7,9-11H,8H2,1-3H3,(H,22,23). The van der Waals surface area contributed by atoms with E-state index in [1.807, 2.05) is 0 Å². The topological polar surface area (TPSA) is 87.1 Å². The maximum Gasteiger partial charge on any atom is 0.307 e. The van der Waals surface area contributed by atoms with Crippen LogP contribution < -0.4 is 18.9 Å². The zero-order valence-corrected chi connectivity index (χ0v) is 15.2. The lowest BCUT2D eigenvalue weighted by molar-refractivity contribution is -0.136. The van der Waals surface area contributed by atoms with E-state index in [4.69, 9.17) is 24.1 Å². The van der Waals surface area contributed by atoms with E-state index >= 15 is 0 Å². The van der Waals surface area contributed by atoms with Crippen LogP contribution in [-0.2, 0) is 11.2 Å². The lowest BCUT2D eigenvalue weighted by Crippen LogP contribution is -2.02. The van der Waals surface area contributed by atoms with Crippen LogP contribution in [0, 0.1) is 0 Å². The van der Waals surface area contributed by atoms with Crippen molar-refractivity contribution in [2.45, 2.75) is 6.42 Å². The molecular formula is C20H19NO6. The fourth-order valence-electron chi connectivity index (χ4n) is 2.76. The molecule has 7 nitrogen and oxygen atoms in total. The molecule has 7 heteroatoms. The van der Waals surface area contributed by atoms with Gasteiger partial charge in [0.15, 0.2) is 11.5 Å². The molecule has 0 unspecified atom stereocenters. The Morgan fingerprint density at radius 3 is 2.30 bits per heavy atom. The number of hydrogen-bond donors (Lipinski definition) is 1. The van der Waals surface area contributed by atoms with Gasteiger partial charge in [-0.15, -0.1) is 0 Å². The maximum absolute atomic E-state index is 11.0. The van der Waals surface area contributed by atoms with Gasteiger partial charge in [-0.05, 0) is 18.2 Å². The van der Waals surface area contributed by atoms with Crippen molar-refractivity contribution in [1.82, 2.24) is 4.98 Å². The van der Waals surface area contributed by atoms with Crippen molar-refractivity contribution in [3.8, 4) is 28.7 Å². The normalized spacial score (nSPS) is 10.5. The van der Waals surface area contributed by atoms with Gasteiger partial charge < -0.3 is 24.1 Å². The highest BCUT2D eigenvalue weighted by atomic mass is 16.5. The summed E-state index contributed by atoms with van der Waals surface area (Å²) in [5.74, 6) is 1.76. The predicted molar refractivity (Wildman–Crippen MR) is 99.3 cm³/mol. The van der Waals surface area contributed by atoms with Gasteiger partial charge in [-0.3, -0.25) is 9.78 Å². The molecule has 1 N–H and O–H groups in total. The fraction of sp³-hybridized carbons (Fsp3) is 0.200. The summed E-state index contributed by atoms with van der Waals surface area (Å²) in [7, 11) is 4.62. The monoisotopic (exact) mass is 369 g/mol. The van der Waals surface area contributed by atoms with Gasteiger partial charge >= 0.3 is 5.97 Å². The van der Waals surface area contributed by atoms with E-state index in [2.05, 4.69) is 4.98 Å². The Morgan fingerprint density at radius 2 is 1.63 bits per heavy atom. The Labute approximate surface area is 156 Å². The van der Waals surface area contributed by atoms with Crippen molar-refractivity contribution >= 4 is 16.9 Å². The molecule has 0 fully saturated rings. The molecule has 0 atom stereocenters. The highest BCUT2D eigenvalue weighted by Gasteiger charge is 2.13. The maximum atomic E-state index is 11.0. The van der Waals surface area contributed by atoms with Gasteiger partial charge in [-0.25, -0.2) is 0 Å². The number of pyridine rings is 1. The molecule has 0 amide bonds. The first-order chi connectivity index (χ1) is 13.0. The summed E-state index contributed by atoms with van der Waals surface area (Å²) < 4.78 is 22.0. The van der Waals surface area contributed by atoms with Crippen molar-refractivity contribution in [2.24, 2.45) is 0 Å². The van der Waals surface area contributed by atoms with E-state index in [-0.39, 0.29) is 6.42 Å². The first-order valence-electron chi connectivity index (χ1n) is 8.13. The van der Waals surface area contributed by atoms with Crippen LogP contribution in [0.3, 0.4) is 0 Å². The minimum absolute atomic E-state index is 0.126. The number of methoxy groups -OCH3 is 3. The third-order valence-electron chi connectivity index (χ3n) is 4.03. The molecule has 0 aliphatic carbocycles. The highest BCUT2D eigenvalue weighted by molar-refractivity contribution is 5.88. The first kappa shape index (κ1) is 18.3. The predicted octanol–water partition coefficient (Wildman–Crippen LogP) is 3.68. The van der Waals surface area contributed by atoms with Crippen molar-refractivity contribution in [3.63, 3.8) is 0 Å². The lowest BCUT2D eigenvalue weighted by Gasteiger charge is -2.13. The van der Waals surface area contributed by atoms with Crippen LogP contribution in [0.5, 0.6) is 28.7 Å². The number of carboxylic acid groups (broad SMARTS) is 1. The Balaban J connectivity index is 2.00. The summed E-state index contributed by atoms with van der Waals surface area (Å²) in [4.78, 5) is 15.3. The molecule has 0 radical (unpaired) electrons. The molecule has 2 aromatic carbocycles. The molecule has 0 bridgehead atoms. The number of benzene rings is 2. The van der Waals surface area contributed by atoms with Crippen molar-refractivity contribution < 1.29 is 28.8 Å². The van der Waals surface area contributed by atoms with Crippen molar-refractivity contribution in [1.29, 1.82) is 0 Å². The lowest BCUT2D eigenvalue weighted by atomic mass is 10.1. The molecule has 0 spiro atoms. The number of fused-ring (bicyclic) bond motifs is 1. The van der Waals surface area contributed by atoms with Gasteiger partial charge in [0.05, 0.1) is 33.3 Å². The fourth-order valence-corrected chi connectivity index (χ4v) is 2.76. The highest BCUT2D eigenvalue weighted by Crippen LogP contribution is 2.37. The number of nitrogens with zero attached hydrogens (tertiary/aromatic N) is 1. The molecule has 27 heavy (non-hydrogen) atoms. The molecule has 0 saturated carbocycles. The number of aromatic nitrogens is 1. The Kier molecular flexibility index (Phi) is 5.30. The second-order valence-electron chi connectivity index (χ2n) is 5.68. The molecule has 0 aliphatic rings. The van der Waals surface area contributed by atoms with Gasteiger partial charge in [0.2, 0.25) is 0 Å². The average molecular weight is 369 g/mol. The summed E-state index contributed by atoms with van der Waals surface area (Å²) in [5, 5.41) is 9.74. The van der Waals surface area contributed by atoms with Crippen LogP contribution in [-0.4, -0.2) is 37.4 Å². The number of hydrogen-bond acceptors (Lipinski definition) is 6. The molecule has 1 heterocycles. The second kappa shape index (κ2) is 7.82. The SMILES string of the molecule is COc1cc(Oc2ccnc3cc(OC)c(OC)cc23)ccc1CC(=O)O.